The molecule has 0 aromatic heterocycles. The minimum absolute atomic E-state index is 0.0346. The molecule has 0 unspecified atom stereocenters. The Balaban J connectivity index is 3.64. The van der Waals surface area contributed by atoms with Crippen LogP contribution in [-0.4, -0.2) is 107 Å². The number of ether oxygens (including phenoxy) is 4. The van der Waals surface area contributed by atoms with Crippen molar-refractivity contribution in [2.45, 2.75) is 6.42 Å². The molecule has 0 saturated heterocycles. The van der Waals surface area contributed by atoms with Gasteiger partial charge in [-0.15, -0.1) is 0 Å². The lowest BCUT2D eigenvalue weighted by atomic mass is 10.4. The Kier molecular flexibility index (Phi) is 19.5. The first kappa shape index (κ1) is 22.7. The molecule has 0 amide bonds. The van der Waals surface area contributed by atoms with E-state index in [-0.39, 0.29) is 13.2 Å². The Morgan fingerprint density at radius 3 is 1.48 bits per heavy atom. The van der Waals surface area contributed by atoms with Crippen molar-refractivity contribution in [1.82, 2.24) is 4.90 Å². The molecule has 0 radical (unpaired) electrons. The Morgan fingerprint density at radius 1 is 0.609 bits per heavy atom. The highest BCUT2D eigenvalue weighted by atomic mass is 16.5. The van der Waals surface area contributed by atoms with Gasteiger partial charge in [0.15, 0.2) is 0 Å². The summed E-state index contributed by atoms with van der Waals surface area (Å²) >= 11 is 0. The summed E-state index contributed by atoms with van der Waals surface area (Å²) in [5.41, 5.74) is 5.38. The molecule has 4 N–H and O–H groups in total. The third-order valence-electron chi connectivity index (χ3n) is 2.99. The summed E-state index contributed by atoms with van der Waals surface area (Å²) in [6.45, 7) is 7.25. The summed E-state index contributed by atoms with van der Waals surface area (Å²) in [7, 11) is 0. The fourth-order valence-corrected chi connectivity index (χ4v) is 1.76. The number of hydrogen-bond acceptors (Lipinski definition) is 8. The molecule has 23 heavy (non-hydrogen) atoms. The first-order valence-corrected chi connectivity index (χ1v) is 8.30. The van der Waals surface area contributed by atoms with Crippen LogP contribution in [0, 0.1) is 0 Å². The van der Waals surface area contributed by atoms with Gasteiger partial charge in [-0.1, -0.05) is 0 Å². The molecule has 8 nitrogen and oxygen atoms in total. The summed E-state index contributed by atoms with van der Waals surface area (Å²) in [6, 6.07) is 0. The summed E-state index contributed by atoms with van der Waals surface area (Å²) < 4.78 is 21.5. The molecule has 0 aliphatic rings. The Labute approximate surface area is 139 Å². The smallest absolute Gasteiger partial charge is 0.0701 e. The monoisotopic (exact) mass is 338 g/mol. The molecule has 0 atom stereocenters. The number of aliphatic hydroxyl groups excluding tert-OH is 2. The van der Waals surface area contributed by atoms with Crippen LogP contribution in [0.15, 0.2) is 0 Å². The second kappa shape index (κ2) is 19.7. The number of nitrogens with two attached hydrogens (primary N) is 1. The van der Waals surface area contributed by atoms with E-state index in [1.54, 1.807) is 0 Å². The maximum atomic E-state index is 8.69. The lowest BCUT2D eigenvalue weighted by Gasteiger charge is -2.22. The van der Waals surface area contributed by atoms with E-state index >= 15 is 0 Å². The SMILES string of the molecule is NCCCOCCOCCN(CCOCCO)CCOCCO. The number of hydrogen-bond donors (Lipinski definition) is 3. The van der Waals surface area contributed by atoms with Crippen LogP contribution in [0.3, 0.4) is 0 Å². The first-order chi connectivity index (χ1) is 11.3. The van der Waals surface area contributed by atoms with Crippen molar-refractivity contribution < 1.29 is 29.2 Å². The van der Waals surface area contributed by atoms with E-state index in [1.807, 2.05) is 0 Å². The second-order valence-corrected chi connectivity index (χ2v) is 4.88. The minimum atomic E-state index is 0.0346. The van der Waals surface area contributed by atoms with Crippen LogP contribution in [0.4, 0.5) is 0 Å². The highest BCUT2D eigenvalue weighted by Crippen LogP contribution is 1.92. The van der Waals surface area contributed by atoms with Gasteiger partial charge < -0.3 is 34.9 Å². The summed E-state index contributed by atoms with van der Waals surface area (Å²) in [4.78, 5) is 2.17. The van der Waals surface area contributed by atoms with Crippen LogP contribution < -0.4 is 5.73 Å². The van der Waals surface area contributed by atoms with Gasteiger partial charge in [-0.2, -0.15) is 0 Å². The predicted molar refractivity (Wildman–Crippen MR) is 87.6 cm³/mol. The van der Waals surface area contributed by atoms with Crippen molar-refractivity contribution >= 4 is 0 Å². The lowest BCUT2D eigenvalue weighted by molar-refractivity contribution is 0.0213. The molecule has 0 aromatic rings. The summed E-state index contributed by atoms with van der Waals surface area (Å²) in [5.74, 6) is 0. The number of rotatable bonds is 19. The molecule has 0 heterocycles. The Bertz CT molecular complexity index is 212. The van der Waals surface area contributed by atoms with Crippen LogP contribution in [0.1, 0.15) is 6.42 Å². The van der Waals surface area contributed by atoms with Crippen molar-refractivity contribution in [3.63, 3.8) is 0 Å². The topological polar surface area (TPSA) is 107 Å². The third-order valence-corrected chi connectivity index (χ3v) is 2.99. The first-order valence-electron chi connectivity index (χ1n) is 8.30. The zero-order valence-corrected chi connectivity index (χ0v) is 14.2. The van der Waals surface area contributed by atoms with Gasteiger partial charge in [-0.05, 0) is 13.0 Å². The van der Waals surface area contributed by atoms with E-state index in [2.05, 4.69) is 4.90 Å². The number of nitrogens with zero attached hydrogens (tertiary/aromatic N) is 1. The summed E-state index contributed by atoms with van der Waals surface area (Å²) in [6.07, 6.45) is 0.870. The van der Waals surface area contributed by atoms with Gasteiger partial charge >= 0.3 is 0 Å². The minimum Gasteiger partial charge on any atom is -0.394 e. The van der Waals surface area contributed by atoms with Crippen molar-refractivity contribution in [3.8, 4) is 0 Å². The van der Waals surface area contributed by atoms with E-state index in [4.69, 9.17) is 34.9 Å². The largest absolute Gasteiger partial charge is 0.394 e. The van der Waals surface area contributed by atoms with E-state index < -0.39 is 0 Å². The van der Waals surface area contributed by atoms with Crippen molar-refractivity contribution in [1.29, 1.82) is 0 Å². The molecule has 0 fully saturated rings. The standard InChI is InChI=1S/C15H34N2O6/c16-2-1-8-20-14-15-23-11-5-17(3-9-21-12-6-18)4-10-22-13-7-19/h18-19H,1-16H2. The van der Waals surface area contributed by atoms with Crippen LogP contribution in [0.2, 0.25) is 0 Å². The molecule has 0 saturated carbocycles. The zero-order valence-electron chi connectivity index (χ0n) is 14.2. The maximum absolute atomic E-state index is 8.69. The van der Waals surface area contributed by atoms with E-state index in [0.717, 1.165) is 26.1 Å². The highest BCUT2D eigenvalue weighted by molar-refractivity contribution is 4.57. The van der Waals surface area contributed by atoms with Gasteiger partial charge in [0.25, 0.3) is 0 Å². The van der Waals surface area contributed by atoms with Gasteiger partial charge in [0.05, 0.1) is 59.5 Å². The van der Waals surface area contributed by atoms with Crippen LogP contribution in [-0.2, 0) is 18.9 Å². The van der Waals surface area contributed by atoms with Gasteiger partial charge in [-0.3, -0.25) is 4.90 Å². The van der Waals surface area contributed by atoms with Crippen LogP contribution in [0.25, 0.3) is 0 Å². The average molecular weight is 338 g/mol. The Hall–Kier alpha value is -0.320. The van der Waals surface area contributed by atoms with Gasteiger partial charge in [-0.25, -0.2) is 0 Å². The van der Waals surface area contributed by atoms with Crippen LogP contribution >= 0.6 is 0 Å². The van der Waals surface area contributed by atoms with Crippen molar-refractivity contribution in [3.05, 3.63) is 0 Å². The average Bonchev–Trinajstić information content (AvgIpc) is 2.57. The van der Waals surface area contributed by atoms with Crippen molar-refractivity contribution in [2.75, 3.05) is 92.2 Å². The highest BCUT2D eigenvalue weighted by Gasteiger charge is 2.05. The summed E-state index contributed by atoms with van der Waals surface area (Å²) in [5, 5.41) is 17.4. The molecule has 0 aliphatic heterocycles. The number of aliphatic hydroxyl groups is 2. The lowest BCUT2D eigenvalue weighted by Crippen LogP contribution is -2.34. The molecule has 0 bridgehead atoms. The van der Waals surface area contributed by atoms with Gasteiger partial charge in [0, 0.05) is 26.2 Å². The fraction of sp³-hybridized carbons (Fsp3) is 1.00. The fourth-order valence-electron chi connectivity index (χ4n) is 1.76. The molecule has 0 spiro atoms. The quantitative estimate of drug-likeness (QED) is 0.249. The second-order valence-electron chi connectivity index (χ2n) is 4.88. The third kappa shape index (κ3) is 17.9. The van der Waals surface area contributed by atoms with Gasteiger partial charge in [0.1, 0.15) is 0 Å². The molecule has 0 rings (SSSR count). The van der Waals surface area contributed by atoms with E-state index in [1.165, 1.54) is 0 Å². The van der Waals surface area contributed by atoms with Crippen LogP contribution in [0.5, 0.6) is 0 Å². The predicted octanol–water partition coefficient (Wildman–Crippen LogP) is -1.31. The molecule has 0 aliphatic carbocycles. The molecular weight excluding hydrogens is 304 g/mol. The zero-order chi connectivity index (χ0) is 17.0. The van der Waals surface area contributed by atoms with Crippen molar-refractivity contribution in [2.24, 2.45) is 5.73 Å². The molecular formula is C15H34N2O6. The molecule has 8 heteroatoms. The molecule has 140 valence electrons. The normalized spacial score (nSPS) is 11.5. The van der Waals surface area contributed by atoms with E-state index in [0.29, 0.717) is 59.4 Å². The maximum Gasteiger partial charge on any atom is 0.0701 e. The van der Waals surface area contributed by atoms with Gasteiger partial charge in [0.2, 0.25) is 0 Å². The molecule has 0 aromatic carbocycles. The van der Waals surface area contributed by atoms with E-state index in [9.17, 15) is 0 Å². The Morgan fingerprint density at radius 2 is 1.04 bits per heavy atom.